The molecule has 0 unspecified atom stereocenters. The van der Waals surface area contributed by atoms with Crippen LogP contribution in [0.15, 0.2) is 57.9 Å². The molecule has 0 aliphatic carbocycles. The molecule has 0 fully saturated rings. The monoisotopic (exact) mass is 348 g/mol. The molecule has 0 atom stereocenters. The fraction of sp³-hybridized carbons (Fsp3) is 0.235. The summed E-state index contributed by atoms with van der Waals surface area (Å²) in [5.41, 5.74) is 2.08. The normalized spacial score (nSPS) is 10.5. The van der Waals surface area contributed by atoms with Crippen molar-refractivity contribution < 1.29 is 4.79 Å². The quantitative estimate of drug-likeness (QED) is 0.388. The molecule has 0 spiro atoms. The van der Waals surface area contributed by atoms with Gasteiger partial charge >= 0.3 is 0 Å². The van der Waals surface area contributed by atoms with Crippen LogP contribution in [0.3, 0.4) is 0 Å². The Kier molecular flexibility index (Phi) is 5.86. The van der Waals surface area contributed by atoms with Gasteiger partial charge in [0.05, 0.1) is 0 Å². The van der Waals surface area contributed by atoms with Gasteiger partial charge in [-0.25, -0.2) is 0 Å². The van der Waals surface area contributed by atoms with Gasteiger partial charge in [-0.1, -0.05) is 45.8 Å². The SMILES string of the molecule is Cc1cccc(SCCCC(=O)c2ccc(Br)cc2)c1. The molecule has 0 heterocycles. The number of Topliss-reactive ketones (excluding diaryl/α,β-unsaturated/α-hetero) is 1. The maximum atomic E-state index is 12.0. The molecule has 0 N–H and O–H groups in total. The lowest BCUT2D eigenvalue weighted by molar-refractivity contribution is 0.0982. The summed E-state index contributed by atoms with van der Waals surface area (Å²) in [5.74, 6) is 1.20. The molecule has 20 heavy (non-hydrogen) atoms. The topological polar surface area (TPSA) is 17.1 Å². The van der Waals surface area contributed by atoms with Gasteiger partial charge < -0.3 is 0 Å². The minimum atomic E-state index is 0.224. The maximum absolute atomic E-state index is 12.0. The van der Waals surface area contributed by atoms with Gasteiger partial charge in [0.15, 0.2) is 5.78 Å². The van der Waals surface area contributed by atoms with Crippen molar-refractivity contribution in [3.63, 3.8) is 0 Å². The Morgan fingerprint density at radius 1 is 1.15 bits per heavy atom. The van der Waals surface area contributed by atoms with Gasteiger partial charge in [-0.05, 0) is 43.4 Å². The molecule has 0 bridgehead atoms. The number of carbonyl (C=O) groups is 1. The molecule has 104 valence electrons. The number of carbonyl (C=O) groups excluding carboxylic acids is 1. The van der Waals surface area contributed by atoms with E-state index in [0.29, 0.717) is 6.42 Å². The molecule has 0 amide bonds. The van der Waals surface area contributed by atoms with Gasteiger partial charge in [0, 0.05) is 21.4 Å². The summed E-state index contributed by atoms with van der Waals surface area (Å²) in [5, 5.41) is 0. The second kappa shape index (κ2) is 7.65. The van der Waals surface area contributed by atoms with Crippen molar-refractivity contribution in [2.75, 3.05) is 5.75 Å². The van der Waals surface area contributed by atoms with Gasteiger partial charge in [0.1, 0.15) is 0 Å². The molecule has 2 rings (SSSR count). The van der Waals surface area contributed by atoms with Gasteiger partial charge in [-0.3, -0.25) is 4.79 Å². The molecule has 0 aromatic heterocycles. The van der Waals surface area contributed by atoms with Crippen molar-refractivity contribution in [3.8, 4) is 0 Å². The van der Waals surface area contributed by atoms with E-state index in [2.05, 4.69) is 47.1 Å². The predicted molar refractivity (Wildman–Crippen MR) is 89.6 cm³/mol. The lowest BCUT2D eigenvalue weighted by Gasteiger charge is -2.03. The van der Waals surface area contributed by atoms with Crippen molar-refractivity contribution in [2.24, 2.45) is 0 Å². The molecular weight excluding hydrogens is 332 g/mol. The van der Waals surface area contributed by atoms with E-state index in [-0.39, 0.29) is 5.78 Å². The van der Waals surface area contributed by atoms with Gasteiger partial charge in [0.2, 0.25) is 0 Å². The highest BCUT2D eigenvalue weighted by atomic mass is 79.9. The Balaban J connectivity index is 1.76. The highest BCUT2D eigenvalue weighted by molar-refractivity contribution is 9.10. The number of aryl methyl sites for hydroxylation is 1. The third-order valence-corrected chi connectivity index (χ3v) is 4.58. The van der Waals surface area contributed by atoms with Crippen molar-refractivity contribution in [3.05, 3.63) is 64.1 Å². The van der Waals surface area contributed by atoms with Crippen LogP contribution in [-0.4, -0.2) is 11.5 Å². The van der Waals surface area contributed by atoms with Crippen LogP contribution in [0.4, 0.5) is 0 Å². The number of ketones is 1. The Bertz CT molecular complexity index is 578. The number of hydrogen-bond donors (Lipinski definition) is 0. The number of thioether (sulfide) groups is 1. The Hall–Kier alpha value is -1.06. The molecule has 1 nitrogen and oxygen atoms in total. The molecule has 0 radical (unpaired) electrons. The first-order valence-corrected chi connectivity index (χ1v) is 8.41. The van der Waals surface area contributed by atoms with Crippen LogP contribution in [0.25, 0.3) is 0 Å². The second-order valence-electron chi connectivity index (χ2n) is 4.70. The highest BCUT2D eigenvalue weighted by Crippen LogP contribution is 2.21. The van der Waals surface area contributed by atoms with Crippen molar-refractivity contribution in [1.82, 2.24) is 0 Å². The average Bonchev–Trinajstić information content (AvgIpc) is 2.44. The molecule has 0 saturated heterocycles. The first-order chi connectivity index (χ1) is 9.65. The summed E-state index contributed by atoms with van der Waals surface area (Å²) in [7, 11) is 0. The maximum Gasteiger partial charge on any atom is 0.162 e. The Labute approximate surface area is 132 Å². The van der Waals surface area contributed by atoms with Gasteiger partial charge in [-0.15, -0.1) is 11.8 Å². The summed E-state index contributed by atoms with van der Waals surface area (Å²) in [6.07, 6.45) is 1.52. The Morgan fingerprint density at radius 3 is 2.60 bits per heavy atom. The zero-order chi connectivity index (χ0) is 14.4. The first-order valence-electron chi connectivity index (χ1n) is 6.63. The summed E-state index contributed by atoms with van der Waals surface area (Å²) in [6, 6.07) is 16.0. The van der Waals surface area contributed by atoms with E-state index in [1.54, 1.807) is 0 Å². The minimum absolute atomic E-state index is 0.224. The molecule has 2 aromatic rings. The van der Waals surface area contributed by atoms with Crippen molar-refractivity contribution in [1.29, 1.82) is 0 Å². The van der Waals surface area contributed by atoms with E-state index < -0.39 is 0 Å². The summed E-state index contributed by atoms with van der Waals surface area (Å²) in [6.45, 7) is 2.10. The van der Waals surface area contributed by atoms with Crippen molar-refractivity contribution >= 4 is 33.5 Å². The van der Waals surface area contributed by atoms with E-state index >= 15 is 0 Å². The summed E-state index contributed by atoms with van der Waals surface area (Å²) in [4.78, 5) is 13.3. The molecule has 2 aromatic carbocycles. The van der Waals surface area contributed by atoms with Crippen LogP contribution < -0.4 is 0 Å². The van der Waals surface area contributed by atoms with Crippen molar-refractivity contribution in [2.45, 2.75) is 24.7 Å². The van der Waals surface area contributed by atoms with E-state index in [1.165, 1.54) is 10.5 Å². The largest absolute Gasteiger partial charge is 0.294 e. The standard InChI is InChI=1S/C17H17BrOS/c1-13-4-2-5-16(12-13)20-11-3-6-17(19)14-7-9-15(18)10-8-14/h2,4-5,7-10,12H,3,6,11H2,1H3. The number of hydrogen-bond acceptors (Lipinski definition) is 2. The third kappa shape index (κ3) is 4.80. The average molecular weight is 349 g/mol. The fourth-order valence-corrected chi connectivity index (χ4v) is 3.14. The van der Waals surface area contributed by atoms with Crippen LogP contribution >= 0.6 is 27.7 Å². The fourth-order valence-electron chi connectivity index (χ4n) is 1.91. The number of benzene rings is 2. The van der Waals surface area contributed by atoms with Gasteiger partial charge in [-0.2, -0.15) is 0 Å². The number of rotatable bonds is 6. The Morgan fingerprint density at radius 2 is 1.90 bits per heavy atom. The van der Waals surface area contributed by atoms with Crippen LogP contribution in [0.5, 0.6) is 0 Å². The highest BCUT2D eigenvalue weighted by Gasteiger charge is 2.05. The van der Waals surface area contributed by atoms with E-state index in [0.717, 1.165) is 22.2 Å². The molecule has 0 aliphatic rings. The summed E-state index contributed by atoms with van der Waals surface area (Å²) >= 11 is 5.19. The molecule has 3 heteroatoms. The minimum Gasteiger partial charge on any atom is -0.294 e. The first kappa shape index (κ1) is 15.3. The lowest BCUT2D eigenvalue weighted by atomic mass is 10.1. The van der Waals surface area contributed by atoms with Crippen LogP contribution in [0.2, 0.25) is 0 Å². The zero-order valence-electron chi connectivity index (χ0n) is 11.4. The van der Waals surface area contributed by atoms with E-state index in [1.807, 2.05) is 36.0 Å². The van der Waals surface area contributed by atoms with Gasteiger partial charge in [0.25, 0.3) is 0 Å². The molecule has 0 aliphatic heterocycles. The second-order valence-corrected chi connectivity index (χ2v) is 6.78. The van der Waals surface area contributed by atoms with Crippen LogP contribution in [-0.2, 0) is 0 Å². The zero-order valence-corrected chi connectivity index (χ0v) is 13.8. The lowest BCUT2D eigenvalue weighted by Crippen LogP contribution is -1.99. The third-order valence-electron chi connectivity index (χ3n) is 2.97. The smallest absolute Gasteiger partial charge is 0.162 e. The van der Waals surface area contributed by atoms with Crippen LogP contribution in [0.1, 0.15) is 28.8 Å². The predicted octanol–water partition coefficient (Wildman–Crippen LogP) is 5.51. The molecule has 0 saturated carbocycles. The molecular formula is C17H17BrOS. The van der Waals surface area contributed by atoms with Crippen LogP contribution in [0, 0.1) is 6.92 Å². The summed E-state index contributed by atoms with van der Waals surface area (Å²) < 4.78 is 1.00. The van der Waals surface area contributed by atoms with E-state index in [4.69, 9.17) is 0 Å². The number of halogens is 1. The van der Waals surface area contributed by atoms with E-state index in [9.17, 15) is 4.79 Å².